The molecule has 0 bridgehead atoms. The summed E-state index contributed by atoms with van der Waals surface area (Å²) in [5.74, 6) is 0.221. The number of ether oxygens (including phenoxy) is 3. The number of hydrogen-bond donors (Lipinski definition) is 1. The average Bonchev–Trinajstić information content (AvgIpc) is 2.78. The van der Waals surface area contributed by atoms with E-state index in [1.54, 1.807) is 12.1 Å². The van der Waals surface area contributed by atoms with E-state index in [-0.39, 0.29) is 42.2 Å². The van der Waals surface area contributed by atoms with E-state index in [9.17, 15) is 9.59 Å². The number of rotatable bonds is 6. The lowest BCUT2D eigenvalue weighted by Crippen LogP contribution is -2.43. The van der Waals surface area contributed by atoms with Gasteiger partial charge in [0, 0.05) is 17.1 Å². The molecule has 0 spiro atoms. The number of para-hydroxylation sites is 1. The van der Waals surface area contributed by atoms with E-state index >= 15 is 0 Å². The van der Waals surface area contributed by atoms with Crippen molar-refractivity contribution in [1.29, 1.82) is 0 Å². The smallest absolute Gasteiger partial charge is 0.250 e. The van der Waals surface area contributed by atoms with Crippen LogP contribution < -0.4 is 10.1 Å². The molecule has 1 saturated carbocycles. The summed E-state index contributed by atoms with van der Waals surface area (Å²) in [5.41, 5.74) is 2.51. The monoisotopic (exact) mass is 455 g/mol. The van der Waals surface area contributed by atoms with Crippen molar-refractivity contribution in [2.45, 2.75) is 45.3 Å². The summed E-state index contributed by atoms with van der Waals surface area (Å²) in [5, 5.41) is 3.49. The maximum Gasteiger partial charge on any atom is 0.250 e. The van der Waals surface area contributed by atoms with Gasteiger partial charge < -0.3 is 19.5 Å². The molecule has 0 radical (unpaired) electrons. The van der Waals surface area contributed by atoms with Gasteiger partial charge in [-0.05, 0) is 62.1 Å². The Kier molecular flexibility index (Phi) is 6.82. The Bertz CT molecular complexity index is 1010. The summed E-state index contributed by atoms with van der Waals surface area (Å²) in [6.07, 6.45) is 2.84. The number of allylic oxidation sites excluding steroid dienone is 1. The minimum Gasteiger partial charge on any atom is -0.493 e. The van der Waals surface area contributed by atoms with Crippen LogP contribution in [0.5, 0.6) is 5.75 Å². The van der Waals surface area contributed by atoms with Gasteiger partial charge in [-0.2, -0.15) is 0 Å². The molecule has 1 N–H and O–H groups in total. The summed E-state index contributed by atoms with van der Waals surface area (Å²) < 4.78 is 17.5. The Hall–Kier alpha value is -2.83. The second-order valence-corrected chi connectivity index (χ2v) is 8.64. The first-order chi connectivity index (χ1) is 15.4. The van der Waals surface area contributed by atoms with Gasteiger partial charge in [-0.25, -0.2) is 0 Å². The maximum atomic E-state index is 13.0. The number of anilines is 1. The van der Waals surface area contributed by atoms with Gasteiger partial charge in [-0.15, -0.1) is 0 Å². The van der Waals surface area contributed by atoms with Crippen LogP contribution in [0.4, 0.5) is 5.69 Å². The van der Waals surface area contributed by atoms with Crippen molar-refractivity contribution in [2.75, 3.05) is 11.9 Å². The lowest BCUT2D eigenvalue weighted by molar-refractivity contribution is -0.136. The van der Waals surface area contributed by atoms with Gasteiger partial charge in [0.15, 0.2) is 0 Å². The molecule has 3 unspecified atom stereocenters. The van der Waals surface area contributed by atoms with E-state index in [0.29, 0.717) is 30.0 Å². The third-order valence-electron chi connectivity index (χ3n) is 5.82. The van der Waals surface area contributed by atoms with Crippen molar-refractivity contribution in [3.63, 3.8) is 0 Å². The molecule has 1 aliphatic carbocycles. The predicted molar refractivity (Wildman–Crippen MR) is 122 cm³/mol. The minimum atomic E-state index is -0.278. The van der Waals surface area contributed by atoms with Crippen molar-refractivity contribution in [2.24, 2.45) is 5.92 Å². The Labute approximate surface area is 192 Å². The van der Waals surface area contributed by atoms with Crippen molar-refractivity contribution < 1.29 is 23.8 Å². The zero-order valence-electron chi connectivity index (χ0n) is 18.1. The number of nitrogens with one attached hydrogen (secondary N) is 1. The molecule has 2 aromatic carbocycles. The Morgan fingerprint density at radius 2 is 1.88 bits per heavy atom. The molecule has 4 rings (SSSR count). The number of fused-ring (bicyclic) bond motifs is 1. The van der Waals surface area contributed by atoms with Gasteiger partial charge in [0.1, 0.15) is 24.7 Å². The van der Waals surface area contributed by atoms with Crippen LogP contribution in [0.15, 0.2) is 54.5 Å². The van der Waals surface area contributed by atoms with Gasteiger partial charge in [-0.3, -0.25) is 9.59 Å². The number of carbonyl (C=O) groups excluding carboxylic acids is 2. The number of aryl methyl sites for hydroxylation is 2. The van der Waals surface area contributed by atoms with E-state index in [4.69, 9.17) is 25.8 Å². The molecule has 3 atom stereocenters. The van der Waals surface area contributed by atoms with Crippen molar-refractivity contribution in [3.05, 3.63) is 70.6 Å². The van der Waals surface area contributed by atoms with Gasteiger partial charge in [-0.1, -0.05) is 29.8 Å². The highest BCUT2D eigenvalue weighted by Crippen LogP contribution is 2.36. The molecule has 1 aliphatic heterocycles. The first kappa shape index (κ1) is 22.4. The van der Waals surface area contributed by atoms with Crippen molar-refractivity contribution in [1.82, 2.24) is 0 Å². The third kappa shape index (κ3) is 5.14. The Morgan fingerprint density at radius 3 is 2.59 bits per heavy atom. The van der Waals surface area contributed by atoms with Gasteiger partial charge >= 0.3 is 0 Å². The molecular weight excluding hydrogens is 430 g/mol. The van der Waals surface area contributed by atoms with Crippen LogP contribution in [0.2, 0.25) is 5.02 Å². The second-order valence-electron chi connectivity index (χ2n) is 8.26. The number of Topliss-reactive ketones (excluding diaryl/α,β-unsaturated/α-hetero) is 1. The predicted octanol–water partition coefficient (Wildman–Crippen LogP) is 4.97. The molecule has 168 valence electrons. The molecule has 1 heterocycles. The van der Waals surface area contributed by atoms with E-state index in [2.05, 4.69) is 5.32 Å². The van der Waals surface area contributed by atoms with E-state index in [1.807, 2.05) is 44.2 Å². The van der Waals surface area contributed by atoms with E-state index in [0.717, 1.165) is 16.8 Å². The van der Waals surface area contributed by atoms with Crippen LogP contribution in [0.25, 0.3) is 0 Å². The van der Waals surface area contributed by atoms with Crippen LogP contribution >= 0.6 is 11.6 Å². The molecule has 0 aromatic heterocycles. The van der Waals surface area contributed by atoms with Crippen LogP contribution in [-0.4, -0.2) is 30.5 Å². The molecule has 0 saturated heterocycles. The fourth-order valence-corrected chi connectivity index (χ4v) is 4.27. The number of benzene rings is 2. The molecule has 1 amide bonds. The van der Waals surface area contributed by atoms with Crippen molar-refractivity contribution in [3.8, 4) is 5.75 Å². The first-order valence-corrected chi connectivity index (χ1v) is 11.1. The molecular formula is C25H26ClNO5. The number of halogens is 1. The Morgan fingerprint density at radius 1 is 1.16 bits per heavy atom. The quantitative estimate of drug-likeness (QED) is 0.665. The SMILES string of the molecule is Cc1cc(OC2=COC3CC(OCC(=O)Nc4ccccc4)CCC3C2=O)cc(C)c1Cl. The minimum absolute atomic E-state index is 0.0373. The largest absolute Gasteiger partial charge is 0.493 e. The summed E-state index contributed by atoms with van der Waals surface area (Å²) in [6.45, 7) is 3.75. The van der Waals surface area contributed by atoms with Gasteiger partial charge in [0.25, 0.3) is 0 Å². The highest BCUT2D eigenvalue weighted by molar-refractivity contribution is 6.32. The zero-order chi connectivity index (χ0) is 22.7. The highest BCUT2D eigenvalue weighted by atomic mass is 35.5. The summed E-state index contributed by atoms with van der Waals surface area (Å²) in [6, 6.07) is 12.9. The fourth-order valence-electron chi connectivity index (χ4n) is 4.16. The summed E-state index contributed by atoms with van der Waals surface area (Å²) in [7, 11) is 0. The highest BCUT2D eigenvalue weighted by Gasteiger charge is 2.41. The standard InChI is InChI=1S/C25H26ClNO5/c1-15-10-19(11-16(2)24(15)26)32-22-13-31-21-12-18(8-9-20(21)25(22)29)30-14-23(28)27-17-6-4-3-5-7-17/h3-7,10-11,13,18,20-21H,8-9,12,14H2,1-2H3,(H,27,28). The number of carbonyl (C=O) groups is 2. The lowest BCUT2D eigenvalue weighted by Gasteiger charge is -2.37. The summed E-state index contributed by atoms with van der Waals surface area (Å²) >= 11 is 6.21. The van der Waals surface area contributed by atoms with Crippen LogP contribution in [0, 0.1) is 19.8 Å². The number of hydrogen-bond acceptors (Lipinski definition) is 5. The normalized spacial score (nSPS) is 22.4. The zero-order valence-corrected chi connectivity index (χ0v) is 18.9. The number of amides is 1. The molecule has 1 fully saturated rings. The van der Waals surface area contributed by atoms with Gasteiger partial charge in [0.05, 0.1) is 12.0 Å². The molecule has 2 aromatic rings. The molecule has 7 heteroatoms. The van der Waals surface area contributed by atoms with Crippen molar-refractivity contribution >= 4 is 29.0 Å². The lowest BCUT2D eigenvalue weighted by atomic mass is 9.80. The van der Waals surface area contributed by atoms with E-state index < -0.39 is 0 Å². The molecule has 6 nitrogen and oxygen atoms in total. The fraction of sp³-hybridized carbons (Fsp3) is 0.360. The van der Waals surface area contributed by atoms with Crippen LogP contribution in [0.1, 0.15) is 30.4 Å². The molecule has 2 aliphatic rings. The van der Waals surface area contributed by atoms with Gasteiger partial charge in [0.2, 0.25) is 17.4 Å². The number of ketones is 1. The second kappa shape index (κ2) is 9.76. The first-order valence-electron chi connectivity index (χ1n) is 10.7. The maximum absolute atomic E-state index is 13.0. The topological polar surface area (TPSA) is 73.9 Å². The summed E-state index contributed by atoms with van der Waals surface area (Å²) in [4.78, 5) is 25.1. The third-order valence-corrected chi connectivity index (χ3v) is 6.41. The van der Waals surface area contributed by atoms with E-state index in [1.165, 1.54) is 6.26 Å². The van der Waals surface area contributed by atoms with Crippen LogP contribution in [0.3, 0.4) is 0 Å². The molecule has 32 heavy (non-hydrogen) atoms. The average molecular weight is 456 g/mol. The Balaban J connectivity index is 1.31. The van der Waals surface area contributed by atoms with Crippen LogP contribution in [-0.2, 0) is 19.1 Å².